The van der Waals surface area contributed by atoms with Gasteiger partial charge in [-0.25, -0.2) is 0 Å². The smallest absolute Gasteiger partial charge is 0.121 e. The highest BCUT2D eigenvalue weighted by atomic mass is 35.5. The molecule has 1 heterocycles. The number of benzene rings is 2. The Bertz CT molecular complexity index is 614. The molecule has 23 heavy (non-hydrogen) atoms. The third-order valence-electron chi connectivity index (χ3n) is 4.46. The van der Waals surface area contributed by atoms with Gasteiger partial charge in [-0.2, -0.15) is 0 Å². The van der Waals surface area contributed by atoms with Gasteiger partial charge in [0.05, 0.1) is 6.61 Å². The summed E-state index contributed by atoms with van der Waals surface area (Å²) in [6.45, 7) is 4.22. The van der Waals surface area contributed by atoms with E-state index in [0.717, 1.165) is 17.7 Å². The topological polar surface area (TPSA) is 41.5 Å². The standard InChI is InChI=1S/C19H23NO2.ClH/c1-15-7-5-6-8-16(15)13-19(21,17-9-3-2-4-10-17)18-14-20-11-12-22-18;/h2-10,18,20-21H,11-14H2,1H3;1H/t18?,19-;/m1./s1. The number of nitrogens with one attached hydrogen (secondary N) is 1. The summed E-state index contributed by atoms with van der Waals surface area (Å²) in [5.74, 6) is 0. The van der Waals surface area contributed by atoms with Gasteiger partial charge < -0.3 is 15.2 Å². The van der Waals surface area contributed by atoms with Gasteiger partial charge in [0.25, 0.3) is 0 Å². The summed E-state index contributed by atoms with van der Waals surface area (Å²) in [6.07, 6.45) is 0.305. The van der Waals surface area contributed by atoms with Crippen LogP contribution in [0.4, 0.5) is 0 Å². The molecule has 1 aliphatic rings. The normalized spacial score (nSPS) is 20.3. The molecule has 2 N–H and O–H groups in total. The van der Waals surface area contributed by atoms with E-state index in [1.165, 1.54) is 5.56 Å². The van der Waals surface area contributed by atoms with Crippen molar-refractivity contribution in [1.82, 2.24) is 5.32 Å². The zero-order valence-corrected chi connectivity index (χ0v) is 14.2. The lowest BCUT2D eigenvalue weighted by Crippen LogP contribution is -2.52. The van der Waals surface area contributed by atoms with Gasteiger partial charge in [-0.05, 0) is 23.6 Å². The van der Waals surface area contributed by atoms with Gasteiger partial charge in [-0.1, -0.05) is 54.6 Å². The fourth-order valence-corrected chi connectivity index (χ4v) is 3.10. The number of aryl methyl sites for hydroxylation is 1. The number of halogens is 1. The maximum absolute atomic E-state index is 11.5. The molecule has 0 bridgehead atoms. The number of hydrogen-bond acceptors (Lipinski definition) is 3. The van der Waals surface area contributed by atoms with E-state index in [0.29, 0.717) is 19.6 Å². The highest BCUT2D eigenvalue weighted by Gasteiger charge is 2.40. The molecule has 3 nitrogen and oxygen atoms in total. The van der Waals surface area contributed by atoms with Gasteiger partial charge in [-0.15, -0.1) is 12.4 Å². The van der Waals surface area contributed by atoms with Crippen LogP contribution in [0.1, 0.15) is 16.7 Å². The maximum Gasteiger partial charge on any atom is 0.121 e. The number of aliphatic hydroxyl groups is 1. The molecule has 0 saturated carbocycles. The Kier molecular flexibility index (Phi) is 6.19. The molecule has 124 valence electrons. The molecule has 2 aromatic carbocycles. The molecule has 0 amide bonds. The summed E-state index contributed by atoms with van der Waals surface area (Å²) in [7, 11) is 0. The first-order chi connectivity index (χ1) is 10.7. The van der Waals surface area contributed by atoms with Crippen molar-refractivity contribution in [1.29, 1.82) is 0 Å². The predicted octanol–water partition coefficient (Wildman–Crippen LogP) is 2.84. The molecule has 0 aromatic heterocycles. The van der Waals surface area contributed by atoms with E-state index in [1.807, 2.05) is 42.5 Å². The first kappa shape index (κ1) is 18.0. The molecule has 1 fully saturated rings. The van der Waals surface area contributed by atoms with Crippen LogP contribution in [0.25, 0.3) is 0 Å². The Hall–Kier alpha value is -1.39. The van der Waals surface area contributed by atoms with E-state index in [9.17, 15) is 5.11 Å². The van der Waals surface area contributed by atoms with E-state index in [-0.39, 0.29) is 18.5 Å². The zero-order chi connectivity index (χ0) is 15.4. The SMILES string of the molecule is Cc1ccccc1C[C@@](O)(c1ccccc1)C1CNCCO1.Cl. The summed E-state index contributed by atoms with van der Waals surface area (Å²) in [6, 6.07) is 18.1. The predicted molar refractivity (Wildman–Crippen MR) is 95.1 cm³/mol. The second-order valence-corrected chi connectivity index (χ2v) is 5.96. The summed E-state index contributed by atoms with van der Waals surface area (Å²) in [4.78, 5) is 0. The van der Waals surface area contributed by atoms with Crippen LogP contribution in [-0.2, 0) is 16.8 Å². The monoisotopic (exact) mass is 333 g/mol. The van der Waals surface area contributed by atoms with Gasteiger partial charge in [0.2, 0.25) is 0 Å². The summed E-state index contributed by atoms with van der Waals surface area (Å²) >= 11 is 0. The lowest BCUT2D eigenvalue weighted by Gasteiger charge is -2.39. The van der Waals surface area contributed by atoms with Crippen molar-refractivity contribution in [3.8, 4) is 0 Å². The second-order valence-electron chi connectivity index (χ2n) is 5.96. The highest BCUT2D eigenvalue weighted by Crippen LogP contribution is 2.32. The number of morpholine rings is 1. The van der Waals surface area contributed by atoms with E-state index >= 15 is 0 Å². The Morgan fingerprint density at radius 3 is 2.48 bits per heavy atom. The van der Waals surface area contributed by atoms with Crippen molar-refractivity contribution in [2.75, 3.05) is 19.7 Å². The Morgan fingerprint density at radius 1 is 1.13 bits per heavy atom. The largest absolute Gasteiger partial charge is 0.382 e. The van der Waals surface area contributed by atoms with Crippen molar-refractivity contribution < 1.29 is 9.84 Å². The minimum atomic E-state index is -1.03. The Labute approximate surface area is 144 Å². The van der Waals surface area contributed by atoms with Crippen LogP contribution in [0, 0.1) is 6.92 Å². The van der Waals surface area contributed by atoms with Crippen molar-refractivity contribution >= 4 is 12.4 Å². The van der Waals surface area contributed by atoms with Crippen LogP contribution < -0.4 is 5.32 Å². The van der Waals surface area contributed by atoms with E-state index in [4.69, 9.17) is 4.74 Å². The first-order valence-electron chi connectivity index (χ1n) is 7.85. The summed E-state index contributed by atoms with van der Waals surface area (Å²) in [5, 5.41) is 14.8. The van der Waals surface area contributed by atoms with E-state index in [2.05, 4.69) is 24.4 Å². The lowest BCUT2D eigenvalue weighted by atomic mass is 9.81. The van der Waals surface area contributed by atoms with Crippen LogP contribution in [0.3, 0.4) is 0 Å². The van der Waals surface area contributed by atoms with Crippen LogP contribution in [0.5, 0.6) is 0 Å². The van der Waals surface area contributed by atoms with Gasteiger partial charge in [0.15, 0.2) is 0 Å². The van der Waals surface area contributed by atoms with Crippen molar-refractivity contribution in [2.24, 2.45) is 0 Å². The average Bonchev–Trinajstić information content (AvgIpc) is 2.58. The number of hydrogen-bond donors (Lipinski definition) is 2. The molecule has 2 atom stereocenters. The lowest BCUT2D eigenvalue weighted by molar-refractivity contribution is -0.124. The fraction of sp³-hybridized carbons (Fsp3) is 0.368. The molecule has 0 radical (unpaired) electrons. The van der Waals surface area contributed by atoms with Crippen LogP contribution >= 0.6 is 12.4 Å². The molecular formula is C19H24ClNO2. The Morgan fingerprint density at radius 2 is 1.83 bits per heavy atom. The average molecular weight is 334 g/mol. The van der Waals surface area contributed by atoms with Crippen molar-refractivity contribution in [3.05, 3.63) is 71.3 Å². The van der Waals surface area contributed by atoms with Crippen LogP contribution in [-0.4, -0.2) is 30.9 Å². The quantitative estimate of drug-likeness (QED) is 0.904. The van der Waals surface area contributed by atoms with Crippen LogP contribution in [0.15, 0.2) is 54.6 Å². The van der Waals surface area contributed by atoms with Gasteiger partial charge in [0, 0.05) is 19.5 Å². The molecule has 2 aromatic rings. The van der Waals surface area contributed by atoms with Gasteiger partial charge in [-0.3, -0.25) is 0 Å². The minimum absolute atomic E-state index is 0. The Balaban J connectivity index is 0.00000192. The van der Waals surface area contributed by atoms with E-state index in [1.54, 1.807) is 0 Å². The molecule has 0 spiro atoms. The number of rotatable bonds is 4. The number of ether oxygens (including phenoxy) is 1. The molecule has 4 heteroatoms. The van der Waals surface area contributed by atoms with Crippen molar-refractivity contribution in [3.63, 3.8) is 0 Å². The van der Waals surface area contributed by atoms with Crippen LogP contribution in [0.2, 0.25) is 0 Å². The highest BCUT2D eigenvalue weighted by molar-refractivity contribution is 5.85. The second kappa shape index (κ2) is 7.93. The fourth-order valence-electron chi connectivity index (χ4n) is 3.10. The van der Waals surface area contributed by atoms with Crippen molar-refractivity contribution in [2.45, 2.75) is 25.0 Å². The third-order valence-corrected chi connectivity index (χ3v) is 4.46. The molecular weight excluding hydrogens is 310 g/mol. The summed E-state index contributed by atoms with van der Waals surface area (Å²) < 4.78 is 5.90. The maximum atomic E-state index is 11.5. The van der Waals surface area contributed by atoms with E-state index < -0.39 is 5.60 Å². The first-order valence-corrected chi connectivity index (χ1v) is 7.85. The van der Waals surface area contributed by atoms with Gasteiger partial charge >= 0.3 is 0 Å². The molecule has 0 aliphatic carbocycles. The molecule has 1 aliphatic heterocycles. The van der Waals surface area contributed by atoms with Gasteiger partial charge in [0.1, 0.15) is 11.7 Å². The zero-order valence-electron chi connectivity index (χ0n) is 13.4. The molecule has 3 rings (SSSR count). The molecule has 1 unspecified atom stereocenters. The third kappa shape index (κ3) is 3.93. The minimum Gasteiger partial charge on any atom is -0.382 e. The summed E-state index contributed by atoms with van der Waals surface area (Å²) in [5.41, 5.74) is 2.23. The molecule has 1 saturated heterocycles.